The molecule has 5 heteroatoms. The van der Waals surface area contributed by atoms with Crippen molar-refractivity contribution in [3.05, 3.63) is 0 Å². The third-order valence-electron chi connectivity index (χ3n) is 3.92. The highest BCUT2D eigenvalue weighted by atomic mass is 16.4. The Kier molecular flexibility index (Phi) is 5.88. The molecule has 0 aromatic carbocycles. The van der Waals surface area contributed by atoms with Gasteiger partial charge in [0.15, 0.2) is 0 Å². The van der Waals surface area contributed by atoms with E-state index in [1.165, 1.54) is 25.9 Å². The van der Waals surface area contributed by atoms with Gasteiger partial charge in [-0.05, 0) is 45.9 Å². The quantitative estimate of drug-likeness (QED) is 0.311. The monoisotopic (exact) mass is 256 g/mol. The topological polar surface area (TPSA) is 65.1 Å². The Morgan fingerprint density at radius 2 is 1.94 bits per heavy atom. The third kappa shape index (κ3) is 4.82. The van der Waals surface area contributed by atoms with E-state index in [0.717, 1.165) is 26.1 Å². The molecule has 0 aromatic heterocycles. The summed E-state index contributed by atoms with van der Waals surface area (Å²) in [6.45, 7) is 9.74. The Balaban J connectivity index is 2.21. The molecule has 0 bridgehead atoms. The summed E-state index contributed by atoms with van der Waals surface area (Å²) in [4.78, 5) is 4.84. The van der Waals surface area contributed by atoms with Gasteiger partial charge in [0, 0.05) is 18.5 Å². The Bertz CT molecular complexity index is 272. The van der Waals surface area contributed by atoms with Crippen molar-refractivity contribution in [2.75, 3.05) is 39.8 Å². The van der Waals surface area contributed by atoms with Crippen molar-refractivity contribution in [3.63, 3.8) is 0 Å². The number of likely N-dealkylation sites (tertiary alicyclic amines) is 1. The number of hydrogen-bond acceptors (Lipinski definition) is 4. The van der Waals surface area contributed by atoms with Gasteiger partial charge in [0.25, 0.3) is 0 Å². The second-order valence-electron chi connectivity index (χ2n) is 5.97. The number of hydrogen-bond donors (Lipinski definition) is 2. The molecule has 1 aliphatic heterocycles. The molecular weight excluding hydrogens is 228 g/mol. The summed E-state index contributed by atoms with van der Waals surface area (Å²) in [7, 11) is 2.14. The van der Waals surface area contributed by atoms with Gasteiger partial charge in [-0.25, -0.2) is 0 Å². The van der Waals surface area contributed by atoms with Gasteiger partial charge in [-0.1, -0.05) is 19.0 Å². The summed E-state index contributed by atoms with van der Waals surface area (Å²) < 4.78 is 0. The molecule has 106 valence electrons. The molecule has 0 unspecified atom stereocenters. The fourth-order valence-corrected chi connectivity index (χ4v) is 2.16. The summed E-state index contributed by atoms with van der Waals surface area (Å²) in [6.07, 6.45) is 3.60. The highest BCUT2D eigenvalue weighted by molar-refractivity contribution is 5.85. The van der Waals surface area contributed by atoms with Crippen LogP contribution < -0.4 is 5.73 Å². The van der Waals surface area contributed by atoms with Crippen LogP contribution in [0.3, 0.4) is 0 Å². The first-order valence-corrected chi connectivity index (χ1v) is 6.84. The SMILES string of the molecule is CN(CCN1CCCC1)CCC(C)(C)C(N)=NO. The molecule has 1 rings (SSSR count). The van der Waals surface area contributed by atoms with E-state index in [4.69, 9.17) is 10.9 Å². The molecule has 5 nitrogen and oxygen atoms in total. The maximum Gasteiger partial charge on any atom is 0.144 e. The second kappa shape index (κ2) is 6.95. The lowest BCUT2D eigenvalue weighted by atomic mass is 9.88. The summed E-state index contributed by atoms with van der Waals surface area (Å²) in [5, 5.41) is 11.8. The van der Waals surface area contributed by atoms with E-state index in [0.29, 0.717) is 5.84 Å². The number of likely N-dealkylation sites (N-methyl/N-ethyl adjacent to an activating group) is 1. The molecule has 0 aromatic rings. The molecule has 1 heterocycles. The predicted octanol–water partition coefficient (Wildman–Crippen LogP) is 1.18. The van der Waals surface area contributed by atoms with E-state index in [1.54, 1.807) is 0 Å². The van der Waals surface area contributed by atoms with Gasteiger partial charge in [0.2, 0.25) is 0 Å². The van der Waals surface area contributed by atoms with E-state index >= 15 is 0 Å². The van der Waals surface area contributed by atoms with Gasteiger partial charge in [0.05, 0.1) is 0 Å². The highest BCUT2D eigenvalue weighted by Crippen LogP contribution is 2.20. The van der Waals surface area contributed by atoms with Crippen molar-refractivity contribution in [2.24, 2.45) is 16.3 Å². The Hall–Kier alpha value is -0.810. The standard InChI is InChI=1S/C13H28N4O/c1-13(2,12(14)15-18)6-9-16(3)10-11-17-7-4-5-8-17/h18H,4-11H2,1-3H3,(H2,14,15). The lowest BCUT2D eigenvalue weighted by Crippen LogP contribution is -2.37. The van der Waals surface area contributed by atoms with Gasteiger partial charge in [-0.3, -0.25) is 0 Å². The number of amidine groups is 1. The molecule has 18 heavy (non-hydrogen) atoms. The third-order valence-corrected chi connectivity index (χ3v) is 3.92. The number of nitrogens with zero attached hydrogens (tertiary/aromatic N) is 3. The molecule has 3 N–H and O–H groups in total. The van der Waals surface area contributed by atoms with Gasteiger partial charge in [-0.15, -0.1) is 0 Å². The van der Waals surface area contributed by atoms with E-state index in [9.17, 15) is 0 Å². The van der Waals surface area contributed by atoms with Crippen LogP contribution >= 0.6 is 0 Å². The zero-order valence-electron chi connectivity index (χ0n) is 12.0. The summed E-state index contributed by atoms with van der Waals surface area (Å²) >= 11 is 0. The first kappa shape index (κ1) is 15.2. The first-order chi connectivity index (χ1) is 8.45. The van der Waals surface area contributed by atoms with Crippen LogP contribution in [0.4, 0.5) is 0 Å². The smallest absolute Gasteiger partial charge is 0.144 e. The van der Waals surface area contributed by atoms with Gasteiger partial charge < -0.3 is 20.7 Å². The van der Waals surface area contributed by atoms with E-state index < -0.39 is 0 Å². The Labute approximate surface area is 111 Å². The van der Waals surface area contributed by atoms with Crippen molar-refractivity contribution in [1.82, 2.24) is 9.80 Å². The van der Waals surface area contributed by atoms with Crippen LogP contribution in [0.2, 0.25) is 0 Å². The number of oxime groups is 1. The maximum atomic E-state index is 8.73. The molecule has 1 fully saturated rings. The fraction of sp³-hybridized carbons (Fsp3) is 0.923. The zero-order chi connectivity index (χ0) is 13.6. The predicted molar refractivity (Wildman–Crippen MR) is 75.0 cm³/mol. The minimum atomic E-state index is -0.239. The first-order valence-electron chi connectivity index (χ1n) is 6.84. The van der Waals surface area contributed by atoms with Crippen LogP contribution in [0.25, 0.3) is 0 Å². The average Bonchev–Trinajstić information content (AvgIpc) is 2.86. The lowest BCUT2D eigenvalue weighted by molar-refractivity contribution is 0.238. The molecule has 1 saturated heterocycles. The number of nitrogens with two attached hydrogens (primary N) is 1. The molecule has 0 aliphatic carbocycles. The van der Waals surface area contributed by atoms with Crippen LogP contribution in [0.5, 0.6) is 0 Å². The summed E-state index contributed by atoms with van der Waals surface area (Å²) in [6, 6.07) is 0. The Morgan fingerprint density at radius 1 is 1.33 bits per heavy atom. The van der Waals surface area contributed by atoms with Gasteiger partial charge in [-0.2, -0.15) is 0 Å². The largest absolute Gasteiger partial charge is 0.409 e. The highest BCUT2D eigenvalue weighted by Gasteiger charge is 2.23. The van der Waals surface area contributed by atoms with Crippen LogP contribution in [-0.4, -0.2) is 60.6 Å². The average molecular weight is 256 g/mol. The second-order valence-corrected chi connectivity index (χ2v) is 5.97. The lowest BCUT2D eigenvalue weighted by Gasteiger charge is -2.27. The minimum absolute atomic E-state index is 0.239. The Morgan fingerprint density at radius 3 is 2.50 bits per heavy atom. The normalized spacial score (nSPS) is 18.8. The summed E-state index contributed by atoms with van der Waals surface area (Å²) in [5.74, 6) is 0.315. The molecule has 1 aliphatic rings. The van der Waals surface area contributed by atoms with Crippen molar-refractivity contribution in [3.8, 4) is 0 Å². The van der Waals surface area contributed by atoms with Crippen molar-refractivity contribution < 1.29 is 5.21 Å². The van der Waals surface area contributed by atoms with Gasteiger partial charge >= 0.3 is 0 Å². The van der Waals surface area contributed by atoms with Crippen molar-refractivity contribution >= 4 is 5.84 Å². The minimum Gasteiger partial charge on any atom is -0.409 e. The molecule has 0 radical (unpaired) electrons. The number of rotatable bonds is 7. The van der Waals surface area contributed by atoms with E-state index in [2.05, 4.69) is 22.0 Å². The molecular formula is C13H28N4O. The maximum absolute atomic E-state index is 8.73. The zero-order valence-corrected chi connectivity index (χ0v) is 12.0. The molecule has 0 saturated carbocycles. The van der Waals surface area contributed by atoms with Crippen molar-refractivity contribution in [2.45, 2.75) is 33.1 Å². The summed E-state index contributed by atoms with van der Waals surface area (Å²) in [5.41, 5.74) is 5.44. The molecule has 0 atom stereocenters. The fourth-order valence-electron chi connectivity index (χ4n) is 2.16. The van der Waals surface area contributed by atoms with Crippen molar-refractivity contribution in [1.29, 1.82) is 0 Å². The molecule has 0 spiro atoms. The van der Waals surface area contributed by atoms with Gasteiger partial charge in [0.1, 0.15) is 5.84 Å². The van der Waals surface area contributed by atoms with E-state index in [-0.39, 0.29) is 5.41 Å². The molecule has 0 amide bonds. The van der Waals surface area contributed by atoms with E-state index in [1.807, 2.05) is 13.8 Å². The van der Waals surface area contributed by atoms with Crippen LogP contribution in [0, 0.1) is 5.41 Å². The van der Waals surface area contributed by atoms with Crippen LogP contribution in [-0.2, 0) is 0 Å². The van der Waals surface area contributed by atoms with Crippen LogP contribution in [0.15, 0.2) is 5.16 Å². The van der Waals surface area contributed by atoms with Crippen LogP contribution in [0.1, 0.15) is 33.1 Å².